The molecule has 134 valence electrons. The van der Waals surface area contributed by atoms with Crippen LogP contribution in [0.25, 0.3) is 0 Å². The standard InChI is InChI=1S/C19H31N3O2/c1-6-12-22(13-7-2)18(24)15-8-10-16(11-9-15)20-14-17(23)21-19(3,4)5/h8-11,20H,6-7,12-14H2,1-5H3,(H,21,23). The molecule has 1 aromatic rings. The van der Waals surface area contributed by atoms with Crippen molar-refractivity contribution in [2.75, 3.05) is 25.0 Å². The van der Waals surface area contributed by atoms with E-state index in [1.54, 1.807) is 0 Å². The van der Waals surface area contributed by atoms with Crippen molar-refractivity contribution in [2.45, 2.75) is 53.0 Å². The highest BCUT2D eigenvalue weighted by Gasteiger charge is 2.15. The lowest BCUT2D eigenvalue weighted by molar-refractivity contribution is -0.120. The number of benzene rings is 1. The number of carbonyl (C=O) groups is 2. The molecule has 5 heteroatoms. The minimum Gasteiger partial charge on any atom is -0.376 e. The molecule has 0 aliphatic heterocycles. The third kappa shape index (κ3) is 7.02. The molecule has 0 unspecified atom stereocenters. The number of anilines is 1. The first-order chi connectivity index (χ1) is 11.3. The minimum atomic E-state index is -0.239. The molecule has 0 aromatic heterocycles. The van der Waals surface area contributed by atoms with Crippen molar-refractivity contribution < 1.29 is 9.59 Å². The summed E-state index contributed by atoms with van der Waals surface area (Å²) in [6, 6.07) is 7.30. The molecule has 0 saturated heterocycles. The van der Waals surface area contributed by atoms with E-state index in [4.69, 9.17) is 0 Å². The van der Waals surface area contributed by atoms with Crippen molar-refractivity contribution in [1.82, 2.24) is 10.2 Å². The van der Waals surface area contributed by atoms with Crippen LogP contribution in [0.3, 0.4) is 0 Å². The molecule has 2 N–H and O–H groups in total. The van der Waals surface area contributed by atoms with Gasteiger partial charge in [0.2, 0.25) is 5.91 Å². The molecular weight excluding hydrogens is 302 g/mol. The fraction of sp³-hybridized carbons (Fsp3) is 0.579. The van der Waals surface area contributed by atoms with Crippen LogP contribution < -0.4 is 10.6 Å². The third-order valence-electron chi connectivity index (χ3n) is 3.37. The van der Waals surface area contributed by atoms with Gasteiger partial charge in [0.15, 0.2) is 0 Å². The third-order valence-corrected chi connectivity index (χ3v) is 3.37. The first-order valence-corrected chi connectivity index (χ1v) is 8.71. The van der Waals surface area contributed by atoms with Gasteiger partial charge in [-0.3, -0.25) is 9.59 Å². The number of nitrogens with one attached hydrogen (secondary N) is 2. The van der Waals surface area contributed by atoms with Crippen molar-refractivity contribution in [3.63, 3.8) is 0 Å². The number of rotatable bonds is 8. The maximum atomic E-state index is 12.5. The van der Waals surface area contributed by atoms with Crippen molar-refractivity contribution in [2.24, 2.45) is 0 Å². The second-order valence-electron chi connectivity index (χ2n) is 7.02. The number of amides is 2. The topological polar surface area (TPSA) is 61.4 Å². The van der Waals surface area contributed by atoms with Crippen molar-refractivity contribution >= 4 is 17.5 Å². The fourth-order valence-corrected chi connectivity index (χ4v) is 2.41. The molecule has 0 aliphatic carbocycles. The van der Waals surface area contributed by atoms with Gasteiger partial charge in [0.05, 0.1) is 6.54 Å². The van der Waals surface area contributed by atoms with Crippen LogP contribution in [-0.4, -0.2) is 41.9 Å². The SMILES string of the molecule is CCCN(CCC)C(=O)c1ccc(NCC(=O)NC(C)(C)C)cc1. The molecule has 1 rings (SSSR count). The molecule has 0 atom stereocenters. The van der Waals surface area contributed by atoms with Crippen LogP contribution in [0.2, 0.25) is 0 Å². The van der Waals surface area contributed by atoms with Gasteiger partial charge in [0.25, 0.3) is 5.91 Å². The van der Waals surface area contributed by atoms with Crippen LogP contribution in [0, 0.1) is 0 Å². The Labute approximate surface area is 145 Å². The zero-order valence-corrected chi connectivity index (χ0v) is 15.6. The molecule has 24 heavy (non-hydrogen) atoms. The lowest BCUT2D eigenvalue weighted by atomic mass is 10.1. The molecule has 0 heterocycles. The Morgan fingerprint density at radius 2 is 1.54 bits per heavy atom. The van der Waals surface area contributed by atoms with Crippen molar-refractivity contribution in [3.05, 3.63) is 29.8 Å². The van der Waals surface area contributed by atoms with Gasteiger partial charge in [0, 0.05) is 29.9 Å². The first kappa shape index (κ1) is 20.0. The van der Waals surface area contributed by atoms with Crippen LogP contribution in [-0.2, 0) is 4.79 Å². The summed E-state index contributed by atoms with van der Waals surface area (Å²) in [5.74, 6) is 0.00967. The average molecular weight is 333 g/mol. The summed E-state index contributed by atoms with van der Waals surface area (Å²) in [6.07, 6.45) is 1.91. The molecule has 5 nitrogen and oxygen atoms in total. The first-order valence-electron chi connectivity index (χ1n) is 8.71. The number of hydrogen-bond acceptors (Lipinski definition) is 3. The van der Waals surface area contributed by atoms with E-state index in [0.717, 1.165) is 31.6 Å². The Bertz CT molecular complexity index is 527. The van der Waals surface area contributed by atoms with Gasteiger partial charge < -0.3 is 15.5 Å². The van der Waals surface area contributed by atoms with Crippen molar-refractivity contribution in [1.29, 1.82) is 0 Å². The van der Waals surface area contributed by atoms with Crippen LogP contribution in [0.15, 0.2) is 24.3 Å². The smallest absolute Gasteiger partial charge is 0.253 e. The van der Waals surface area contributed by atoms with E-state index in [-0.39, 0.29) is 23.9 Å². The number of nitrogens with zero attached hydrogens (tertiary/aromatic N) is 1. The van der Waals surface area contributed by atoms with E-state index in [1.165, 1.54) is 0 Å². The average Bonchev–Trinajstić information content (AvgIpc) is 2.51. The van der Waals surface area contributed by atoms with Crippen molar-refractivity contribution in [3.8, 4) is 0 Å². The van der Waals surface area contributed by atoms with Gasteiger partial charge in [-0.05, 0) is 57.9 Å². The highest BCUT2D eigenvalue weighted by molar-refractivity contribution is 5.94. The Kier molecular flexibility index (Phi) is 7.75. The monoisotopic (exact) mass is 333 g/mol. The Balaban J connectivity index is 2.62. The molecule has 1 aromatic carbocycles. The minimum absolute atomic E-state index is 0.0558. The van der Waals surface area contributed by atoms with Gasteiger partial charge in [-0.2, -0.15) is 0 Å². The molecule has 0 fully saturated rings. The highest BCUT2D eigenvalue weighted by Crippen LogP contribution is 2.12. The van der Waals surface area contributed by atoms with E-state index >= 15 is 0 Å². The van der Waals surface area contributed by atoms with Crippen LogP contribution >= 0.6 is 0 Å². The number of carbonyl (C=O) groups excluding carboxylic acids is 2. The number of hydrogen-bond donors (Lipinski definition) is 2. The molecule has 2 amide bonds. The van der Waals surface area contributed by atoms with Gasteiger partial charge in [0.1, 0.15) is 0 Å². The molecule has 0 bridgehead atoms. The predicted molar refractivity (Wildman–Crippen MR) is 99.3 cm³/mol. The fourth-order valence-electron chi connectivity index (χ4n) is 2.41. The van der Waals surface area contributed by atoms with Crippen LogP contribution in [0.1, 0.15) is 57.8 Å². The van der Waals surface area contributed by atoms with Gasteiger partial charge in [-0.1, -0.05) is 13.8 Å². The lowest BCUT2D eigenvalue weighted by Gasteiger charge is -2.22. The van der Waals surface area contributed by atoms with Gasteiger partial charge in [-0.15, -0.1) is 0 Å². The van der Waals surface area contributed by atoms with Gasteiger partial charge >= 0.3 is 0 Å². The van der Waals surface area contributed by atoms with E-state index < -0.39 is 0 Å². The zero-order valence-electron chi connectivity index (χ0n) is 15.6. The zero-order chi connectivity index (χ0) is 18.2. The Hall–Kier alpha value is -2.04. The van der Waals surface area contributed by atoms with E-state index in [9.17, 15) is 9.59 Å². The quantitative estimate of drug-likeness (QED) is 0.767. The predicted octanol–water partition coefficient (Wildman–Crippen LogP) is 3.28. The second kappa shape index (κ2) is 9.30. The van der Waals surface area contributed by atoms with Crippen LogP contribution in [0.4, 0.5) is 5.69 Å². The molecule has 0 radical (unpaired) electrons. The van der Waals surface area contributed by atoms with E-state index in [2.05, 4.69) is 24.5 Å². The summed E-state index contributed by atoms with van der Waals surface area (Å²) in [5.41, 5.74) is 1.27. The molecule has 0 aliphatic rings. The molecule has 0 spiro atoms. The van der Waals surface area contributed by atoms with E-state index in [0.29, 0.717) is 5.56 Å². The Morgan fingerprint density at radius 1 is 1.00 bits per heavy atom. The maximum absolute atomic E-state index is 12.5. The van der Waals surface area contributed by atoms with E-state index in [1.807, 2.05) is 49.9 Å². The second-order valence-corrected chi connectivity index (χ2v) is 7.02. The summed E-state index contributed by atoms with van der Waals surface area (Å²) in [4.78, 5) is 26.2. The normalized spacial score (nSPS) is 11.0. The Morgan fingerprint density at radius 3 is 2.00 bits per heavy atom. The summed E-state index contributed by atoms with van der Waals surface area (Å²) in [7, 11) is 0. The summed E-state index contributed by atoms with van der Waals surface area (Å²) in [5, 5.41) is 5.98. The maximum Gasteiger partial charge on any atom is 0.253 e. The molecular formula is C19H31N3O2. The highest BCUT2D eigenvalue weighted by atomic mass is 16.2. The molecule has 0 saturated carbocycles. The lowest BCUT2D eigenvalue weighted by Crippen LogP contribution is -2.43. The van der Waals surface area contributed by atoms with Gasteiger partial charge in [-0.25, -0.2) is 0 Å². The summed E-state index contributed by atoms with van der Waals surface area (Å²) in [6.45, 7) is 11.8. The largest absolute Gasteiger partial charge is 0.376 e. The summed E-state index contributed by atoms with van der Waals surface area (Å²) < 4.78 is 0. The summed E-state index contributed by atoms with van der Waals surface area (Å²) >= 11 is 0. The van der Waals surface area contributed by atoms with Crippen LogP contribution in [0.5, 0.6) is 0 Å².